The van der Waals surface area contributed by atoms with Gasteiger partial charge in [0, 0.05) is 25.7 Å². The molecule has 2 aliphatic heterocycles. The molecule has 2 aliphatic rings. The highest BCUT2D eigenvalue weighted by molar-refractivity contribution is 4.97. The SMILES string of the molecule is CN1CC2CNC(CN)C2C1. The van der Waals surface area contributed by atoms with Crippen molar-refractivity contribution in [2.75, 3.05) is 33.2 Å². The molecule has 0 aromatic carbocycles. The molecule has 0 aliphatic carbocycles. The van der Waals surface area contributed by atoms with Crippen molar-refractivity contribution in [1.29, 1.82) is 0 Å². The number of nitrogens with zero attached hydrogens (tertiary/aromatic N) is 1. The minimum atomic E-state index is 0.588. The molecule has 0 spiro atoms. The van der Waals surface area contributed by atoms with Crippen LogP contribution in [0.5, 0.6) is 0 Å². The van der Waals surface area contributed by atoms with Crippen LogP contribution >= 0.6 is 0 Å². The van der Waals surface area contributed by atoms with Gasteiger partial charge in [0.05, 0.1) is 0 Å². The van der Waals surface area contributed by atoms with Gasteiger partial charge in [-0.2, -0.15) is 0 Å². The van der Waals surface area contributed by atoms with Crippen molar-refractivity contribution in [1.82, 2.24) is 10.2 Å². The molecular weight excluding hydrogens is 138 g/mol. The molecule has 0 aromatic rings. The molecule has 3 unspecified atom stereocenters. The Morgan fingerprint density at radius 1 is 1.55 bits per heavy atom. The lowest BCUT2D eigenvalue weighted by Crippen LogP contribution is -2.37. The van der Waals surface area contributed by atoms with E-state index in [9.17, 15) is 0 Å². The van der Waals surface area contributed by atoms with E-state index in [0.29, 0.717) is 6.04 Å². The van der Waals surface area contributed by atoms with Crippen LogP contribution in [0.15, 0.2) is 0 Å². The van der Waals surface area contributed by atoms with E-state index in [4.69, 9.17) is 5.73 Å². The van der Waals surface area contributed by atoms with Crippen molar-refractivity contribution >= 4 is 0 Å². The molecule has 3 N–H and O–H groups in total. The third-order valence-electron chi connectivity index (χ3n) is 3.09. The van der Waals surface area contributed by atoms with Gasteiger partial charge < -0.3 is 16.0 Å². The van der Waals surface area contributed by atoms with Crippen LogP contribution in [0.1, 0.15) is 0 Å². The topological polar surface area (TPSA) is 41.3 Å². The molecule has 0 saturated carbocycles. The Labute approximate surface area is 67.9 Å². The van der Waals surface area contributed by atoms with Gasteiger partial charge in [-0.3, -0.25) is 0 Å². The number of hydrogen-bond donors (Lipinski definition) is 2. The molecule has 3 atom stereocenters. The fraction of sp³-hybridized carbons (Fsp3) is 1.00. The van der Waals surface area contributed by atoms with Crippen molar-refractivity contribution in [2.45, 2.75) is 6.04 Å². The molecule has 0 radical (unpaired) electrons. The lowest BCUT2D eigenvalue weighted by molar-refractivity contribution is 0.359. The van der Waals surface area contributed by atoms with Crippen molar-refractivity contribution in [3.63, 3.8) is 0 Å². The van der Waals surface area contributed by atoms with Gasteiger partial charge in [-0.25, -0.2) is 0 Å². The van der Waals surface area contributed by atoms with E-state index >= 15 is 0 Å². The highest BCUT2D eigenvalue weighted by atomic mass is 15.2. The van der Waals surface area contributed by atoms with E-state index in [2.05, 4.69) is 17.3 Å². The highest BCUT2D eigenvalue weighted by Gasteiger charge is 2.40. The van der Waals surface area contributed by atoms with Gasteiger partial charge in [0.15, 0.2) is 0 Å². The zero-order valence-electron chi connectivity index (χ0n) is 7.09. The summed E-state index contributed by atoms with van der Waals surface area (Å²) in [6.45, 7) is 4.47. The van der Waals surface area contributed by atoms with E-state index in [1.165, 1.54) is 19.6 Å². The van der Waals surface area contributed by atoms with Crippen LogP contribution in [0.2, 0.25) is 0 Å². The number of hydrogen-bond acceptors (Lipinski definition) is 3. The molecule has 2 saturated heterocycles. The average molecular weight is 155 g/mol. The molecular formula is C8H17N3. The maximum absolute atomic E-state index is 5.65. The van der Waals surface area contributed by atoms with E-state index in [0.717, 1.165) is 18.4 Å². The molecule has 0 amide bonds. The minimum Gasteiger partial charge on any atom is -0.329 e. The van der Waals surface area contributed by atoms with E-state index in [1.807, 2.05) is 0 Å². The quantitative estimate of drug-likeness (QED) is 0.515. The van der Waals surface area contributed by atoms with Gasteiger partial charge in [0.25, 0.3) is 0 Å². The van der Waals surface area contributed by atoms with Gasteiger partial charge >= 0.3 is 0 Å². The molecule has 2 rings (SSSR count). The fourth-order valence-electron chi connectivity index (χ4n) is 2.50. The van der Waals surface area contributed by atoms with Crippen LogP contribution in [0.4, 0.5) is 0 Å². The number of fused-ring (bicyclic) bond motifs is 1. The number of rotatable bonds is 1. The molecule has 3 nitrogen and oxygen atoms in total. The summed E-state index contributed by atoms with van der Waals surface area (Å²) in [5, 5.41) is 3.48. The fourth-order valence-corrected chi connectivity index (χ4v) is 2.50. The second-order valence-corrected chi connectivity index (χ2v) is 3.90. The monoisotopic (exact) mass is 155 g/mol. The van der Waals surface area contributed by atoms with Crippen LogP contribution in [0.25, 0.3) is 0 Å². The first-order chi connectivity index (χ1) is 5.31. The minimum absolute atomic E-state index is 0.588. The summed E-state index contributed by atoms with van der Waals surface area (Å²) >= 11 is 0. The Hall–Kier alpha value is -0.120. The Kier molecular flexibility index (Phi) is 1.87. The van der Waals surface area contributed by atoms with Gasteiger partial charge in [-0.1, -0.05) is 0 Å². The maximum atomic E-state index is 5.65. The molecule has 11 heavy (non-hydrogen) atoms. The third-order valence-corrected chi connectivity index (χ3v) is 3.09. The van der Waals surface area contributed by atoms with Crippen LogP contribution in [0, 0.1) is 11.8 Å². The van der Waals surface area contributed by atoms with Crippen LogP contribution in [-0.4, -0.2) is 44.2 Å². The summed E-state index contributed by atoms with van der Waals surface area (Å²) < 4.78 is 0. The van der Waals surface area contributed by atoms with Gasteiger partial charge in [-0.15, -0.1) is 0 Å². The molecule has 64 valence electrons. The smallest absolute Gasteiger partial charge is 0.0234 e. The highest BCUT2D eigenvalue weighted by Crippen LogP contribution is 2.28. The summed E-state index contributed by atoms with van der Waals surface area (Å²) in [7, 11) is 2.20. The van der Waals surface area contributed by atoms with E-state index in [1.54, 1.807) is 0 Å². The molecule has 0 aromatic heterocycles. The number of nitrogens with two attached hydrogens (primary N) is 1. The van der Waals surface area contributed by atoms with Gasteiger partial charge in [0.2, 0.25) is 0 Å². The summed E-state index contributed by atoms with van der Waals surface area (Å²) in [6, 6.07) is 0.588. The standard InChI is InChI=1S/C8H17N3/c1-11-4-6-3-10-8(2-9)7(6)5-11/h6-8,10H,2-5,9H2,1H3. The molecule has 2 heterocycles. The average Bonchev–Trinajstić information content (AvgIpc) is 2.45. The molecule has 3 heteroatoms. The lowest BCUT2D eigenvalue weighted by atomic mass is 9.94. The Morgan fingerprint density at radius 3 is 3.09 bits per heavy atom. The van der Waals surface area contributed by atoms with Crippen molar-refractivity contribution < 1.29 is 0 Å². The normalized spacial score (nSPS) is 44.7. The Bertz CT molecular complexity index is 146. The van der Waals surface area contributed by atoms with Crippen LogP contribution in [-0.2, 0) is 0 Å². The Balaban J connectivity index is 2.01. The predicted octanol–water partition coefficient (Wildman–Crippen LogP) is -0.905. The number of likely N-dealkylation sites (tertiary alicyclic amines) is 1. The lowest BCUT2D eigenvalue weighted by Gasteiger charge is -2.16. The Morgan fingerprint density at radius 2 is 2.36 bits per heavy atom. The molecule has 2 fully saturated rings. The second kappa shape index (κ2) is 2.73. The number of nitrogens with one attached hydrogen (secondary N) is 1. The third kappa shape index (κ3) is 1.17. The van der Waals surface area contributed by atoms with E-state index in [-0.39, 0.29) is 0 Å². The van der Waals surface area contributed by atoms with E-state index < -0.39 is 0 Å². The van der Waals surface area contributed by atoms with Crippen molar-refractivity contribution in [3.8, 4) is 0 Å². The van der Waals surface area contributed by atoms with Crippen LogP contribution in [0.3, 0.4) is 0 Å². The zero-order chi connectivity index (χ0) is 7.84. The van der Waals surface area contributed by atoms with Gasteiger partial charge in [0.1, 0.15) is 0 Å². The van der Waals surface area contributed by atoms with Crippen molar-refractivity contribution in [2.24, 2.45) is 17.6 Å². The first-order valence-corrected chi connectivity index (χ1v) is 4.43. The largest absolute Gasteiger partial charge is 0.329 e. The van der Waals surface area contributed by atoms with Gasteiger partial charge in [-0.05, 0) is 25.4 Å². The zero-order valence-corrected chi connectivity index (χ0v) is 7.09. The maximum Gasteiger partial charge on any atom is 0.0234 e. The summed E-state index contributed by atoms with van der Waals surface area (Å²) in [4.78, 5) is 2.42. The summed E-state index contributed by atoms with van der Waals surface area (Å²) in [6.07, 6.45) is 0. The van der Waals surface area contributed by atoms with Crippen molar-refractivity contribution in [3.05, 3.63) is 0 Å². The second-order valence-electron chi connectivity index (χ2n) is 3.90. The summed E-state index contributed by atoms with van der Waals surface area (Å²) in [5.74, 6) is 1.69. The predicted molar refractivity (Wildman–Crippen MR) is 45.3 cm³/mol. The summed E-state index contributed by atoms with van der Waals surface area (Å²) in [5.41, 5.74) is 5.65. The first kappa shape index (κ1) is 7.53. The van der Waals surface area contributed by atoms with Crippen LogP contribution < -0.4 is 11.1 Å². The molecule has 0 bridgehead atoms. The first-order valence-electron chi connectivity index (χ1n) is 4.43.